The van der Waals surface area contributed by atoms with Crippen LogP contribution in [-0.2, 0) is 19.1 Å². The van der Waals surface area contributed by atoms with Crippen LogP contribution >= 0.6 is 0 Å². The van der Waals surface area contributed by atoms with Crippen molar-refractivity contribution in [2.75, 3.05) is 41.0 Å². The van der Waals surface area contributed by atoms with Crippen LogP contribution in [0.3, 0.4) is 0 Å². The zero-order valence-corrected chi connectivity index (χ0v) is 14.7. The number of likely N-dealkylation sites (N-methyl/N-ethyl adjacent to an activating group) is 1. The molecule has 0 rings (SSSR count). The molecule has 0 spiro atoms. The first-order valence-corrected chi connectivity index (χ1v) is 8.11. The molecule has 0 radical (unpaired) electrons. The molecule has 0 aliphatic rings. The Bertz CT molecular complexity index is 353. The number of ether oxygens (including phenoxy) is 2. The highest BCUT2D eigenvalue weighted by molar-refractivity contribution is 5.69. The molecule has 23 heavy (non-hydrogen) atoms. The Balaban J connectivity index is 3.83. The minimum Gasteiger partial charge on any atom is -0.544 e. The van der Waals surface area contributed by atoms with Crippen molar-refractivity contribution < 1.29 is 33.8 Å². The molecule has 0 bridgehead atoms. The second kappa shape index (κ2) is 11.4. The summed E-state index contributed by atoms with van der Waals surface area (Å²) in [7, 11) is 5.31. The third kappa shape index (κ3) is 11.1. The maximum atomic E-state index is 11.4. The molecule has 0 aromatic rings. The molecular weight excluding hydrogens is 302 g/mol. The first-order chi connectivity index (χ1) is 10.7. The van der Waals surface area contributed by atoms with Gasteiger partial charge in [0.05, 0.1) is 40.3 Å². The largest absolute Gasteiger partial charge is 0.544 e. The van der Waals surface area contributed by atoms with Crippen molar-refractivity contribution in [1.29, 1.82) is 0 Å². The van der Waals surface area contributed by atoms with E-state index in [1.807, 2.05) is 0 Å². The fourth-order valence-corrected chi connectivity index (χ4v) is 2.06. The van der Waals surface area contributed by atoms with Crippen LogP contribution in [0.25, 0.3) is 0 Å². The number of nitrogens with zero attached hydrogens (tertiary/aromatic N) is 1. The molecule has 2 atom stereocenters. The van der Waals surface area contributed by atoms with Gasteiger partial charge in [-0.25, -0.2) is 0 Å². The van der Waals surface area contributed by atoms with Crippen LogP contribution < -0.4 is 5.11 Å². The van der Waals surface area contributed by atoms with E-state index in [2.05, 4.69) is 6.92 Å². The smallest absolute Gasteiger partial charge is 0.305 e. The number of aliphatic hydroxyl groups excluding tert-OH is 1. The molecule has 2 unspecified atom stereocenters. The van der Waals surface area contributed by atoms with Crippen molar-refractivity contribution >= 4 is 11.9 Å². The summed E-state index contributed by atoms with van der Waals surface area (Å²) in [6.07, 6.45) is 2.54. The van der Waals surface area contributed by atoms with Gasteiger partial charge in [0.2, 0.25) is 0 Å². The average Bonchev–Trinajstić information content (AvgIpc) is 2.43. The van der Waals surface area contributed by atoms with Crippen LogP contribution in [0.1, 0.15) is 39.0 Å². The monoisotopic (exact) mass is 333 g/mol. The summed E-state index contributed by atoms with van der Waals surface area (Å²) in [4.78, 5) is 22.4. The number of esters is 1. The predicted octanol–water partition coefficient (Wildman–Crippen LogP) is -0.298. The normalized spacial score (nSPS) is 14.3. The van der Waals surface area contributed by atoms with Gasteiger partial charge >= 0.3 is 5.97 Å². The fraction of sp³-hybridized carbons (Fsp3) is 0.875. The summed E-state index contributed by atoms with van der Waals surface area (Å²) in [5.74, 6) is -1.44. The zero-order chi connectivity index (χ0) is 17.9. The highest BCUT2D eigenvalue weighted by atomic mass is 16.5. The summed E-state index contributed by atoms with van der Waals surface area (Å²) >= 11 is 0. The van der Waals surface area contributed by atoms with E-state index in [0.29, 0.717) is 6.42 Å². The first-order valence-electron chi connectivity index (χ1n) is 8.11. The van der Waals surface area contributed by atoms with Crippen LogP contribution in [0.2, 0.25) is 0 Å². The van der Waals surface area contributed by atoms with E-state index in [0.717, 1.165) is 19.3 Å². The number of rotatable bonds is 13. The molecule has 0 aliphatic heterocycles. The van der Waals surface area contributed by atoms with Gasteiger partial charge in [0.25, 0.3) is 0 Å². The standard InChI is InChI=1S/C16H31NO6/c1-5-6-7-8-15(19)23-12-13(18)11-22-10-9-14(16(20)21)17(2,3)4/h13-14,18H,5-12H2,1-4H3. The molecule has 0 fully saturated rings. The quantitative estimate of drug-likeness (QED) is 0.282. The molecule has 0 aliphatic carbocycles. The second-order valence-electron chi connectivity index (χ2n) is 6.61. The fourth-order valence-electron chi connectivity index (χ4n) is 2.06. The number of hydrogen-bond acceptors (Lipinski definition) is 6. The minimum absolute atomic E-state index is 0.000843. The van der Waals surface area contributed by atoms with Crippen molar-refractivity contribution in [3.05, 3.63) is 0 Å². The van der Waals surface area contributed by atoms with Crippen LogP contribution in [0.5, 0.6) is 0 Å². The molecule has 0 heterocycles. The van der Waals surface area contributed by atoms with Crippen molar-refractivity contribution in [3.8, 4) is 0 Å². The number of aliphatic carboxylic acids is 1. The topological polar surface area (TPSA) is 95.9 Å². The summed E-state index contributed by atoms with van der Waals surface area (Å²) < 4.78 is 10.4. The van der Waals surface area contributed by atoms with Crippen LogP contribution in [0, 0.1) is 0 Å². The van der Waals surface area contributed by atoms with E-state index in [4.69, 9.17) is 9.47 Å². The molecule has 7 heteroatoms. The number of quaternary nitrogens is 1. The van der Waals surface area contributed by atoms with E-state index >= 15 is 0 Å². The zero-order valence-electron chi connectivity index (χ0n) is 14.7. The van der Waals surface area contributed by atoms with E-state index < -0.39 is 18.1 Å². The van der Waals surface area contributed by atoms with Crippen molar-refractivity contribution in [1.82, 2.24) is 0 Å². The van der Waals surface area contributed by atoms with Gasteiger partial charge in [-0.1, -0.05) is 19.8 Å². The average molecular weight is 333 g/mol. The number of carbonyl (C=O) groups excluding carboxylic acids is 2. The molecule has 0 saturated heterocycles. The third-order valence-corrected chi connectivity index (χ3v) is 3.47. The maximum Gasteiger partial charge on any atom is 0.305 e. The Morgan fingerprint density at radius 2 is 1.83 bits per heavy atom. The van der Waals surface area contributed by atoms with Gasteiger partial charge in [-0.3, -0.25) is 4.79 Å². The lowest BCUT2D eigenvalue weighted by molar-refractivity contribution is -0.889. The van der Waals surface area contributed by atoms with E-state index in [1.54, 1.807) is 21.1 Å². The number of unbranched alkanes of at least 4 members (excludes halogenated alkanes) is 2. The Morgan fingerprint density at radius 1 is 1.17 bits per heavy atom. The lowest BCUT2D eigenvalue weighted by Crippen LogP contribution is -2.55. The van der Waals surface area contributed by atoms with E-state index in [9.17, 15) is 19.8 Å². The van der Waals surface area contributed by atoms with Gasteiger partial charge in [-0.2, -0.15) is 0 Å². The molecular formula is C16H31NO6. The third-order valence-electron chi connectivity index (χ3n) is 3.47. The van der Waals surface area contributed by atoms with Crippen LogP contribution in [0.4, 0.5) is 0 Å². The number of carboxylic acids is 1. The molecule has 0 aromatic heterocycles. The highest BCUT2D eigenvalue weighted by Gasteiger charge is 2.24. The highest BCUT2D eigenvalue weighted by Crippen LogP contribution is 2.07. The Labute approximate surface area is 138 Å². The number of carbonyl (C=O) groups is 2. The molecule has 0 aromatic carbocycles. The molecule has 0 saturated carbocycles. The lowest BCUT2D eigenvalue weighted by Gasteiger charge is -2.34. The predicted molar refractivity (Wildman–Crippen MR) is 83.4 cm³/mol. The van der Waals surface area contributed by atoms with Crippen LogP contribution in [-0.4, -0.2) is 74.6 Å². The van der Waals surface area contributed by atoms with Gasteiger partial charge < -0.3 is 29.0 Å². The summed E-state index contributed by atoms with van der Waals surface area (Å²) in [5.41, 5.74) is 0. The van der Waals surface area contributed by atoms with Gasteiger partial charge in [0.15, 0.2) is 0 Å². The number of aliphatic hydroxyl groups is 1. The second-order valence-corrected chi connectivity index (χ2v) is 6.61. The van der Waals surface area contributed by atoms with Gasteiger partial charge in [-0.05, 0) is 6.42 Å². The molecule has 7 nitrogen and oxygen atoms in total. The number of hydrogen-bond donors (Lipinski definition) is 1. The van der Waals surface area contributed by atoms with Gasteiger partial charge in [-0.15, -0.1) is 0 Å². The Hall–Kier alpha value is -1.18. The summed E-state index contributed by atoms with van der Waals surface area (Å²) in [6.45, 7) is 2.13. The molecule has 1 N–H and O–H groups in total. The lowest BCUT2D eigenvalue weighted by atomic mass is 10.1. The Morgan fingerprint density at radius 3 is 2.35 bits per heavy atom. The Kier molecular flexibility index (Phi) is 10.8. The SMILES string of the molecule is CCCCCC(=O)OCC(O)COCCC(C(=O)[O-])[N+](C)(C)C. The minimum atomic E-state index is -1.12. The van der Waals surface area contributed by atoms with Gasteiger partial charge in [0.1, 0.15) is 18.8 Å². The maximum absolute atomic E-state index is 11.4. The van der Waals surface area contributed by atoms with Crippen molar-refractivity contribution in [2.45, 2.75) is 51.2 Å². The van der Waals surface area contributed by atoms with Crippen molar-refractivity contribution in [3.63, 3.8) is 0 Å². The number of carboxylic acid groups (broad SMARTS) is 1. The van der Waals surface area contributed by atoms with E-state index in [1.165, 1.54) is 0 Å². The molecule has 136 valence electrons. The summed E-state index contributed by atoms with van der Waals surface area (Å²) in [5, 5.41) is 20.7. The van der Waals surface area contributed by atoms with Crippen LogP contribution in [0.15, 0.2) is 0 Å². The van der Waals surface area contributed by atoms with Gasteiger partial charge in [0, 0.05) is 12.8 Å². The molecule has 0 amide bonds. The van der Waals surface area contributed by atoms with E-state index in [-0.39, 0.29) is 36.7 Å². The van der Waals surface area contributed by atoms with Crippen molar-refractivity contribution in [2.24, 2.45) is 0 Å². The summed E-state index contributed by atoms with van der Waals surface area (Å²) in [6, 6.07) is -0.677. The first kappa shape index (κ1) is 21.8.